The minimum absolute atomic E-state index is 0.224. The molecule has 5 rings (SSSR count). The average Bonchev–Trinajstić information content (AvgIpc) is 3.55. The average molecular weight is 496 g/mol. The van der Waals surface area contributed by atoms with Crippen LogP contribution in [0.15, 0.2) is 73.3 Å². The molecule has 1 saturated heterocycles. The summed E-state index contributed by atoms with van der Waals surface area (Å²) in [6, 6.07) is 16.5. The van der Waals surface area contributed by atoms with Crippen LogP contribution in [0.1, 0.15) is 30.1 Å². The number of halogens is 3. The molecule has 1 N–H and O–H groups in total. The van der Waals surface area contributed by atoms with Gasteiger partial charge >= 0.3 is 12.1 Å². The van der Waals surface area contributed by atoms with Crippen LogP contribution in [0.3, 0.4) is 0 Å². The highest BCUT2D eigenvalue weighted by molar-refractivity contribution is 5.73. The second kappa shape index (κ2) is 10.5. The van der Waals surface area contributed by atoms with Crippen molar-refractivity contribution in [2.45, 2.75) is 32.0 Å². The van der Waals surface area contributed by atoms with E-state index in [1.54, 1.807) is 0 Å². The van der Waals surface area contributed by atoms with E-state index in [1.807, 2.05) is 53.7 Å². The number of hydrogen-bond donors (Lipinski definition) is 1. The molecule has 0 radical (unpaired) electrons. The first-order valence-electron chi connectivity index (χ1n) is 11.1. The Labute approximate surface area is 205 Å². The largest absolute Gasteiger partial charge is 0.490 e. The summed E-state index contributed by atoms with van der Waals surface area (Å²) in [4.78, 5) is 25.1. The Morgan fingerprint density at radius 2 is 1.89 bits per heavy atom. The fourth-order valence-electron chi connectivity index (χ4n) is 3.90. The van der Waals surface area contributed by atoms with Crippen molar-refractivity contribution in [2.24, 2.45) is 0 Å². The lowest BCUT2D eigenvalue weighted by atomic mass is 10.1. The first kappa shape index (κ1) is 24.8. The summed E-state index contributed by atoms with van der Waals surface area (Å²) in [5.41, 5.74) is 5.18. The third kappa shape index (κ3) is 5.85. The second-order valence-corrected chi connectivity index (χ2v) is 8.16. The molecule has 0 saturated carbocycles. The molecule has 1 aliphatic heterocycles. The quantitative estimate of drug-likeness (QED) is 0.424. The highest BCUT2D eigenvalue weighted by Gasteiger charge is 2.38. The van der Waals surface area contributed by atoms with E-state index in [4.69, 9.17) is 14.9 Å². The van der Waals surface area contributed by atoms with Gasteiger partial charge in [0.15, 0.2) is 0 Å². The molecule has 0 aliphatic carbocycles. The van der Waals surface area contributed by atoms with E-state index in [0.717, 1.165) is 48.0 Å². The van der Waals surface area contributed by atoms with Gasteiger partial charge in [0.1, 0.15) is 0 Å². The van der Waals surface area contributed by atoms with E-state index in [-0.39, 0.29) is 6.04 Å². The van der Waals surface area contributed by atoms with Crippen molar-refractivity contribution in [3.63, 3.8) is 0 Å². The number of aliphatic carboxylic acids is 1. The van der Waals surface area contributed by atoms with Crippen molar-refractivity contribution >= 4 is 11.9 Å². The van der Waals surface area contributed by atoms with Crippen molar-refractivity contribution in [1.82, 2.24) is 24.7 Å². The van der Waals surface area contributed by atoms with Crippen LogP contribution in [0.4, 0.5) is 19.1 Å². The number of aromatic nitrogens is 5. The summed E-state index contributed by atoms with van der Waals surface area (Å²) in [5.74, 6) is -2.01. The fourth-order valence-corrected chi connectivity index (χ4v) is 3.90. The lowest BCUT2D eigenvalue weighted by Crippen LogP contribution is -2.25. The van der Waals surface area contributed by atoms with E-state index in [2.05, 4.69) is 51.2 Å². The molecular weight excluding hydrogens is 473 g/mol. The van der Waals surface area contributed by atoms with Crippen molar-refractivity contribution in [2.75, 3.05) is 11.4 Å². The summed E-state index contributed by atoms with van der Waals surface area (Å²) in [6.07, 6.45) is 4.64. The molecule has 4 aromatic rings. The summed E-state index contributed by atoms with van der Waals surface area (Å²) in [6.45, 7) is 3.02. The molecule has 36 heavy (non-hydrogen) atoms. The number of benzene rings is 1. The number of alkyl halides is 3. The Morgan fingerprint density at radius 3 is 2.58 bits per heavy atom. The Bertz CT molecular complexity index is 1330. The molecule has 4 heterocycles. The van der Waals surface area contributed by atoms with Gasteiger partial charge in [0.05, 0.1) is 29.3 Å². The summed E-state index contributed by atoms with van der Waals surface area (Å²) < 4.78 is 33.6. The van der Waals surface area contributed by atoms with Crippen LogP contribution in [0.25, 0.3) is 16.9 Å². The van der Waals surface area contributed by atoms with Crippen LogP contribution in [0.5, 0.6) is 0 Å². The maximum Gasteiger partial charge on any atom is 0.490 e. The Morgan fingerprint density at radius 1 is 1.08 bits per heavy atom. The van der Waals surface area contributed by atoms with Crippen LogP contribution in [0.2, 0.25) is 0 Å². The fraction of sp³-hybridized carbons (Fsp3) is 0.240. The smallest absolute Gasteiger partial charge is 0.475 e. The molecule has 0 bridgehead atoms. The van der Waals surface area contributed by atoms with Crippen molar-refractivity contribution < 1.29 is 23.1 Å². The first-order valence-corrected chi connectivity index (χ1v) is 11.1. The van der Waals surface area contributed by atoms with E-state index in [9.17, 15) is 13.2 Å². The standard InChI is InChI=1S/C23H22N6.C2HF3O2/c1-17-6-4-7-19(14-17)29-16-18(15-26-29)20-10-12-25-23(27-20)28-13-5-9-22(28)21-8-2-3-11-24-21;3-2(4,5)1(6)7/h2-4,6-8,10-12,14-16,22H,5,9,13H2,1H3;(H,6,7). The van der Waals surface area contributed by atoms with E-state index in [1.165, 1.54) is 5.56 Å². The molecule has 1 fully saturated rings. The van der Waals surface area contributed by atoms with Gasteiger partial charge in [0, 0.05) is 30.7 Å². The number of aryl methyl sites for hydroxylation is 1. The molecule has 11 heteroatoms. The molecule has 1 unspecified atom stereocenters. The van der Waals surface area contributed by atoms with Gasteiger partial charge in [-0.2, -0.15) is 18.3 Å². The molecular formula is C25H23F3N6O2. The first-order chi connectivity index (χ1) is 17.2. The molecule has 186 valence electrons. The second-order valence-electron chi connectivity index (χ2n) is 8.16. The minimum atomic E-state index is -5.08. The normalized spacial score (nSPS) is 15.3. The van der Waals surface area contributed by atoms with Gasteiger partial charge < -0.3 is 10.0 Å². The van der Waals surface area contributed by atoms with Crippen molar-refractivity contribution in [3.05, 3.63) is 84.6 Å². The summed E-state index contributed by atoms with van der Waals surface area (Å²) in [7, 11) is 0. The highest BCUT2D eigenvalue weighted by atomic mass is 19.4. The number of carbonyl (C=O) groups is 1. The van der Waals surface area contributed by atoms with Crippen LogP contribution in [0, 0.1) is 6.92 Å². The van der Waals surface area contributed by atoms with Crippen LogP contribution in [-0.4, -0.2) is 48.5 Å². The summed E-state index contributed by atoms with van der Waals surface area (Å²) in [5, 5.41) is 11.7. The molecule has 0 spiro atoms. The third-order valence-corrected chi connectivity index (χ3v) is 5.57. The van der Waals surface area contributed by atoms with Crippen LogP contribution >= 0.6 is 0 Å². The zero-order valence-corrected chi connectivity index (χ0v) is 19.3. The van der Waals surface area contributed by atoms with E-state index in [0.29, 0.717) is 0 Å². The predicted octanol–water partition coefficient (Wildman–Crippen LogP) is 5.01. The zero-order chi connectivity index (χ0) is 25.7. The molecule has 1 atom stereocenters. The third-order valence-electron chi connectivity index (χ3n) is 5.57. The maximum absolute atomic E-state index is 10.6. The lowest BCUT2D eigenvalue weighted by molar-refractivity contribution is -0.192. The molecule has 1 aromatic carbocycles. The summed E-state index contributed by atoms with van der Waals surface area (Å²) >= 11 is 0. The number of nitrogens with zero attached hydrogens (tertiary/aromatic N) is 6. The molecule has 3 aromatic heterocycles. The minimum Gasteiger partial charge on any atom is -0.475 e. The van der Waals surface area contributed by atoms with E-state index < -0.39 is 12.1 Å². The SMILES string of the molecule is Cc1cccc(-n2cc(-c3ccnc(N4CCCC4c4ccccn4)n3)cn2)c1.O=C(O)C(F)(F)F. The van der Waals surface area contributed by atoms with Gasteiger partial charge in [-0.25, -0.2) is 19.4 Å². The predicted molar refractivity (Wildman–Crippen MR) is 127 cm³/mol. The molecule has 8 nitrogen and oxygen atoms in total. The Kier molecular flexibility index (Phi) is 7.28. The number of hydrogen-bond acceptors (Lipinski definition) is 6. The zero-order valence-electron chi connectivity index (χ0n) is 19.3. The Hall–Kier alpha value is -4.28. The van der Waals surface area contributed by atoms with Crippen molar-refractivity contribution in [3.8, 4) is 16.9 Å². The topological polar surface area (TPSA) is 97.0 Å². The number of carboxylic acids is 1. The lowest BCUT2D eigenvalue weighted by Gasteiger charge is -2.24. The van der Waals surface area contributed by atoms with Gasteiger partial charge in [-0.05, 0) is 55.7 Å². The van der Waals surface area contributed by atoms with Crippen molar-refractivity contribution in [1.29, 1.82) is 0 Å². The molecule has 1 aliphatic rings. The highest BCUT2D eigenvalue weighted by Crippen LogP contribution is 2.34. The number of carboxylic acid groups (broad SMARTS) is 1. The van der Waals surface area contributed by atoms with Gasteiger partial charge in [0.2, 0.25) is 5.95 Å². The number of pyridine rings is 1. The van der Waals surface area contributed by atoms with Gasteiger partial charge in [-0.1, -0.05) is 18.2 Å². The Balaban J connectivity index is 0.000000384. The number of rotatable bonds is 4. The van der Waals surface area contributed by atoms with E-state index >= 15 is 0 Å². The van der Waals surface area contributed by atoms with Crippen LogP contribution in [-0.2, 0) is 4.79 Å². The molecule has 0 amide bonds. The maximum atomic E-state index is 10.6. The number of anilines is 1. The van der Waals surface area contributed by atoms with Crippen LogP contribution < -0.4 is 4.90 Å². The van der Waals surface area contributed by atoms with Gasteiger partial charge in [-0.3, -0.25) is 4.98 Å². The monoisotopic (exact) mass is 496 g/mol. The van der Waals surface area contributed by atoms with Gasteiger partial charge in [0.25, 0.3) is 0 Å². The van der Waals surface area contributed by atoms with Gasteiger partial charge in [-0.15, -0.1) is 0 Å².